The Morgan fingerprint density at radius 2 is 2.04 bits per heavy atom. The number of pyridine rings is 1. The average molecular weight is 338 g/mol. The minimum absolute atomic E-state index is 0.122. The van der Waals surface area contributed by atoms with Crippen LogP contribution in [0.15, 0.2) is 36.5 Å². The fraction of sp³-hybridized carbons (Fsp3) is 0.400. The molecule has 0 spiro atoms. The van der Waals surface area contributed by atoms with Gasteiger partial charge in [-0.1, -0.05) is 0 Å². The van der Waals surface area contributed by atoms with Gasteiger partial charge in [0.15, 0.2) is 0 Å². The number of aromatic nitrogens is 1. The number of rotatable bonds is 5. The molecule has 0 aliphatic carbocycles. The molecule has 3 rings (SSSR count). The summed E-state index contributed by atoms with van der Waals surface area (Å²) in [6.07, 6.45) is 3.86. The van der Waals surface area contributed by atoms with Gasteiger partial charge in [-0.15, -0.1) is 0 Å². The predicted octanol–water partition coefficient (Wildman–Crippen LogP) is 3.56. The highest BCUT2D eigenvalue weighted by Gasteiger charge is 2.15. The molecule has 0 bridgehead atoms. The van der Waals surface area contributed by atoms with Crippen molar-refractivity contribution in [2.24, 2.45) is 0 Å². The molecule has 2 aromatic rings. The first-order valence-corrected chi connectivity index (χ1v) is 8.98. The number of carbonyl (C=O) groups excluding carboxylic acids is 1. The van der Waals surface area contributed by atoms with Gasteiger partial charge in [-0.3, -0.25) is 4.79 Å². The van der Waals surface area contributed by atoms with Gasteiger partial charge in [-0.05, 0) is 62.6 Å². The lowest BCUT2D eigenvalue weighted by atomic mass is 10.0. The number of aryl methyl sites for hydroxylation is 1. The summed E-state index contributed by atoms with van der Waals surface area (Å²) in [7, 11) is 2.11. The van der Waals surface area contributed by atoms with E-state index in [2.05, 4.69) is 53.1 Å². The van der Waals surface area contributed by atoms with Gasteiger partial charge in [0.2, 0.25) is 0 Å². The molecule has 1 aliphatic heterocycles. The summed E-state index contributed by atoms with van der Waals surface area (Å²) in [4.78, 5) is 21.3. The second-order valence-electron chi connectivity index (χ2n) is 6.40. The van der Waals surface area contributed by atoms with Gasteiger partial charge in [0.25, 0.3) is 5.91 Å². The Balaban J connectivity index is 1.72. The average Bonchev–Trinajstić information content (AvgIpc) is 2.63. The van der Waals surface area contributed by atoms with E-state index < -0.39 is 0 Å². The van der Waals surface area contributed by atoms with Gasteiger partial charge < -0.3 is 15.1 Å². The van der Waals surface area contributed by atoms with E-state index in [-0.39, 0.29) is 5.91 Å². The standard InChI is InChI=1S/C20H26N4O/c1-4-24(5-2)19-11-8-16(14-21-19)20(25)22-17-9-10-18-15(13-17)7-6-12-23(18)3/h8-11,13-14H,4-7,12H2,1-3H3,(H,22,25). The van der Waals surface area contributed by atoms with Crippen LogP contribution in [0, 0.1) is 0 Å². The van der Waals surface area contributed by atoms with E-state index in [1.165, 1.54) is 11.3 Å². The van der Waals surface area contributed by atoms with Crippen molar-refractivity contribution in [2.75, 3.05) is 41.8 Å². The number of fused-ring (bicyclic) bond motifs is 1. The Kier molecular flexibility index (Phi) is 5.22. The normalized spacial score (nSPS) is 13.3. The van der Waals surface area contributed by atoms with Crippen molar-refractivity contribution in [2.45, 2.75) is 26.7 Å². The Hall–Kier alpha value is -2.56. The van der Waals surface area contributed by atoms with Gasteiger partial charge in [-0.2, -0.15) is 0 Å². The Labute approximate surface area is 149 Å². The van der Waals surface area contributed by atoms with Crippen molar-refractivity contribution in [1.29, 1.82) is 0 Å². The molecule has 1 aromatic carbocycles. The molecular weight excluding hydrogens is 312 g/mol. The third-order valence-corrected chi connectivity index (χ3v) is 4.79. The van der Waals surface area contributed by atoms with Crippen molar-refractivity contribution < 1.29 is 4.79 Å². The van der Waals surface area contributed by atoms with Crippen LogP contribution in [0.5, 0.6) is 0 Å². The highest BCUT2D eigenvalue weighted by Crippen LogP contribution is 2.28. The maximum atomic E-state index is 12.5. The van der Waals surface area contributed by atoms with Gasteiger partial charge in [0.1, 0.15) is 5.82 Å². The van der Waals surface area contributed by atoms with Gasteiger partial charge in [0.05, 0.1) is 5.56 Å². The smallest absolute Gasteiger partial charge is 0.257 e. The molecular formula is C20H26N4O. The lowest BCUT2D eigenvalue weighted by Crippen LogP contribution is -2.24. The van der Waals surface area contributed by atoms with E-state index in [1.54, 1.807) is 6.20 Å². The van der Waals surface area contributed by atoms with E-state index in [9.17, 15) is 4.79 Å². The summed E-state index contributed by atoms with van der Waals surface area (Å²) in [6.45, 7) is 7.08. The molecule has 0 radical (unpaired) electrons. The van der Waals surface area contributed by atoms with Gasteiger partial charge in [-0.25, -0.2) is 4.98 Å². The zero-order valence-electron chi connectivity index (χ0n) is 15.2. The molecule has 0 unspecified atom stereocenters. The lowest BCUT2D eigenvalue weighted by molar-refractivity contribution is 0.102. The van der Waals surface area contributed by atoms with Crippen LogP contribution in [0.4, 0.5) is 17.2 Å². The molecule has 5 nitrogen and oxygen atoms in total. The Morgan fingerprint density at radius 1 is 1.24 bits per heavy atom. The molecule has 0 saturated carbocycles. The maximum absolute atomic E-state index is 12.5. The van der Waals surface area contributed by atoms with Crippen molar-refractivity contribution in [1.82, 2.24) is 4.98 Å². The second-order valence-corrected chi connectivity index (χ2v) is 6.40. The Bertz CT molecular complexity index is 738. The first-order valence-electron chi connectivity index (χ1n) is 8.98. The summed E-state index contributed by atoms with van der Waals surface area (Å²) in [6, 6.07) is 9.88. The quantitative estimate of drug-likeness (QED) is 0.905. The third kappa shape index (κ3) is 3.76. The number of hydrogen-bond donors (Lipinski definition) is 1. The predicted molar refractivity (Wildman–Crippen MR) is 104 cm³/mol. The van der Waals surface area contributed by atoms with Crippen LogP contribution in [0.1, 0.15) is 36.2 Å². The number of nitrogens with zero attached hydrogens (tertiary/aromatic N) is 3. The fourth-order valence-electron chi connectivity index (χ4n) is 3.32. The van der Waals surface area contributed by atoms with E-state index >= 15 is 0 Å². The van der Waals surface area contributed by atoms with Crippen LogP contribution in [0.2, 0.25) is 0 Å². The van der Waals surface area contributed by atoms with Crippen molar-refractivity contribution in [3.05, 3.63) is 47.7 Å². The first kappa shape index (κ1) is 17.3. The molecule has 5 heteroatoms. The van der Waals surface area contributed by atoms with Crippen LogP contribution in [-0.2, 0) is 6.42 Å². The van der Waals surface area contributed by atoms with Crippen molar-refractivity contribution in [3.8, 4) is 0 Å². The zero-order chi connectivity index (χ0) is 17.8. The van der Waals surface area contributed by atoms with E-state index in [1.807, 2.05) is 18.2 Å². The number of hydrogen-bond acceptors (Lipinski definition) is 4. The minimum Gasteiger partial charge on any atom is -0.374 e. The Morgan fingerprint density at radius 3 is 2.72 bits per heavy atom. The number of carbonyl (C=O) groups is 1. The summed E-state index contributed by atoms with van der Waals surface area (Å²) < 4.78 is 0. The van der Waals surface area contributed by atoms with E-state index in [0.29, 0.717) is 5.56 Å². The molecule has 0 fully saturated rings. The first-order chi connectivity index (χ1) is 12.1. The zero-order valence-corrected chi connectivity index (χ0v) is 15.2. The van der Waals surface area contributed by atoms with Gasteiger partial charge >= 0.3 is 0 Å². The monoisotopic (exact) mass is 338 g/mol. The number of amides is 1. The molecule has 1 N–H and O–H groups in total. The fourth-order valence-corrected chi connectivity index (χ4v) is 3.32. The minimum atomic E-state index is -0.122. The number of benzene rings is 1. The largest absolute Gasteiger partial charge is 0.374 e. The topological polar surface area (TPSA) is 48.5 Å². The molecule has 1 aromatic heterocycles. The molecule has 0 atom stereocenters. The van der Waals surface area contributed by atoms with E-state index in [0.717, 1.165) is 44.0 Å². The third-order valence-electron chi connectivity index (χ3n) is 4.79. The highest BCUT2D eigenvalue weighted by molar-refractivity contribution is 6.04. The second kappa shape index (κ2) is 7.55. The van der Waals surface area contributed by atoms with Crippen molar-refractivity contribution >= 4 is 23.1 Å². The summed E-state index contributed by atoms with van der Waals surface area (Å²) in [5.41, 5.74) is 3.97. The summed E-state index contributed by atoms with van der Waals surface area (Å²) in [5.74, 6) is 0.779. The van der Waals surface area contributed by atoms with Crippen LogP contribution in [0.3, 0.4) is 0 Å². The maximum Gasteiger partial charge on any atom is 0.257 e. The lowest BCUT2D eigenvalue weighted by Gasteiger charge is -2.27. The molecule has 1 aliphatic rings. The highest BCUT2D eigenvalue weighted by atomic mass is 16.1. The van der Waals surface area contributed by atoms with Crippen LogP contribution < -0.4 is 15.1 Å². The van der Waals surface area contributed by atoms with E-state index in [4.69, 9.17) is 0 Å². The van der Waals surface area contributed by atoms with Gasteiger partial charge in [0, 0.05) is 44.3 Å². The molecule has 2 heterocycles. The van der Waals surface area contributed by atoms with Crippen LogP contribution in [0.25, 0.3) is 0 Å². The number of anilines is 3. The van der Waals surface area contributed by atoms with Crippen molar-refractivity contribution in [3.63, 3.8) is 0 Å². The molecule has 132 valence electrons. The van der Waals surface area contributed by atoms with Crippen LogP contribution >= 0.6 is 0 Å². The SMILES string of the molecule is CCN(CC)c1ccc(C(=O)Nc2ccc3c(c2)CCCN3C)cn1. The summed E-state index contributed by atoms with van der Waals surface area (Å²) >= 11 is 0. The van der Waals surface area contributed by atoms with Crippen LogP contribution in [-0.4, -0.2) is 37.6 Å². The number of nitrogens with one attached hydrogen (secondary N) is 1. The molecule has 25 heavy (non-hydrogen) atoms. The summed E-state index contributed by atoms with van der Waals surface area (Å²) in [5, 5.41) is 2.99. The molecule has 1 amide bonds. The molecule has 0 saturated heterocycles.